The van der Waals surface area contributed by atoms with Gasteiger partial charge in [0, 0.05) is 11.4 Å². The molecule has 0 spiro atoms. The van der Waals surface area contributed by atoms with Crippen LogP contribution in [-0.2, 0) is 15.3 Å². The SMILES string of the molecule is O=C1C[C@H](C(=O)Nc2ccccc2)n2nc(SCc3ccccc3)nc2N1. The largest absolute Gasteiger partial charge is 0.324 e. The van der Waals surface area contributed by atoms with Gasteiger partial charge in [0.15, 0.2) is 0 Å². The number of fused-ring (bicyclic) bond motifs is 1. The molecule has 1 aromatic heterocycles. The Kier molecular flexibility index (Phi) is 4.88. The maximum atomic E-state index is 12.7. The number of hydrogen-bond donors (Lipinski definition) is 2. The minimum atomic E-state index is -0.729. The summed E-state index contributed by atoms with van der Waals surface area (Å²) in [6.07, 6.45) is 0.0256. The summed E-state index contributed by atoms with van der Waals surface area (Å²) in [5.74, 6) is 0.471. The predicted molar refractivity (Wildman–Crippen MR) is 103 cm³/mol. The Balaban J connectivity index is 1.51. The van der Waals surface area contributed by atoms with Crippen molar-refractivity contribution in [3.63, 3.8) is 0 Å². The average Bonchev–Trinajstić information content (AvgIpc) is 3.10. The number of hydrogen-bond acceptors (Lipinski definition) is 5. The smallest absolute Gasteiger partial charge is 0.249 e. The molecule has 1 aliphatic rings. The van der Waals surface area contributed by atoms with Crippen molar-refractivity contribution in [1.82, 2.24) is 14.8 Å². The summed E-state index contributed by atoms with van der Waals surface area (Å²) in [4.78, 5) is 29.0. The molecule has 1 atom stereocenters. The number of nitrogens with one attached hydrogen (secondary N) is 2. The van der Waals surface area contributed by atoms with E-state index >= 15 is 0 Å². The molecule has 0 saturated heterocycles. The summed E-state index contributed by atoms with van der Waals surface area (Å²) in [5, 5.41) is 10.5. The van der Waals surface area contributed by atoms with Gasteiger partial charge in [-0.25, -0.2) is 4.68 Å². The van der Waals surface area contributed by atoms with Gasteiger partial charge in [-0.3, -0.25) is 14.9 Å². The van der Waals surface area contributed by atoms with Crippen LogP contribution in [0.5, 0.6) is 0 Å². The number of para-hydroxylation sites is 1. The van der Waals surface area contributed by atoms with Crippen LogP contribution in [0.3, 0.4) is 0 Å². The third-order valence-corrected chi connectivity index (χ3v) is 5.00. The van der Waals surface area contributed by atoms with Gasteiger partial charge >= 0.3 is 0 Å². The molecule has 7 nitrogen and oxygen atoms in total. The van der Waals surface area contributed by atoms with E-state index in [9.17, 15) is 9.59 Å². The molecule has 0 radical (unpaired) electrons. The van der Waals surface area contributed by atoms with Crippen LogP contribution in [0.15, 0.2) is 65.8 Å². The molecule has 4 rings (SSSR count). The summed E-state index contributed by atoms with van der Waals surface area (Å²) in [6, 6.07) is 18.4. The summed E-state index contributed by atoms with van der Waals surface area (Å²) < 4.78 is 1.49. The lowest BCUT2D eigenvalue weighted by Crippen LogP contribution is -2.36. The van der Waals surface area contributed by atoms with Crippen molar-refractivity contribution in [1.29, 1.82) is 0 Å². The zero-order valence-electron chi connectivity index (χ0n) is 14.3. The minimum absolute atomic E-state index is 0.0256. The lowest BCUT2D eigenvalue weighted by molar-refractivity contribution is -0.125. The number of amides is 2. The maximum Gasteiger partial charge on any atom is 0.249 e. The third-order valence-electron chi connectivity index (χ3n) is 4.09. The molecule has 2 N–H and O–H groups in total. The van der Waals surface area contributed by atoms with Crippen LogP contribution in [0.4, 0.5) is 11.6 Å². The van der Waals surface area contributed by atoms with Gasteiger partial charge in [0.05, 0.1) is 6.42 Å². The summed E-state index contributed by atoms with van der Waals surface area (Å²) >= 11 is 1.46. The lowest BCUT2D eigenvalue weighted by atomic mass is 10.1. The molecule has 2 heterocycles. The van der Waals surface area contributed by atoms with Crippen LogP contribution in [-0.4, -0.2) is 26.6 Å². The molecule has 8 heteroatoms. The van der Waals surface area contributed by atoms with Gasteiger partial charge in [-0.05, 0) is 17.7 Å². The number of anilines is 2. The van der Waals surface area contributed by atoms with Gasteiger partial charge in [-0.15, -0.1) is 5.10 Å². The van der Waals surface area contributed by atoms with Crippen molar-refractivity contribution in [3.05, 3.63) is 66.2 Å². The highest BCUT2D eigenvalue weighted by atomic mass is 32.2. The third kappa shape index (κ3) is 4.01. The Morgan fingerprint density at radius 1 is 1.15 bits per heavy atom. The first-order valence-corrected chi connectivity index (χ1v) is 9.46. The van der Waals surface area contributed by atoms with E-state index in [1.165, 1.54) is 16.4 Å². The predicted octanol–water partition coefficient (Wildman–Crippen LogP) is 3.09. The van der Waals surface area contributed by atoms with E-state index in [2.05, 4.69) is 20.7 Å². The highest BCUT2D eigenvalue weighted by Crippen LogP contribution is 2.28. The van der Waals surface area contributed by atoms with Gasteiger partial charge in [0.1, 0.15) is 6.04 Å². The van der Waals surface area contributed by atoms with Crippen molar-refractivity contribution in [2.75, 3.05) is 10.6 Å². The number of nitrogens with zero attached hydrogens (tertiary/aromatic N) is 3. The number of rotatable bonds is 5. The van der Waals surface area contributed by atoms with Gasteiger partial charge in [-0.2, -0.15) is 4.98 Å². The van der Waals surface area contributed by atoms with E-state index in [1.807, 2.05) is 48.5 Å². The van der Waals surface area contributed by atoms with Crippen molar-refractivity contribution < 1.29 is 9.59 Å². The zero-order valence-corrected chi connectivity index (χ0v) is 15.1. The van der Waals surface area contributed by atoms with E-state index in [0.717, 1.165) is 5.56 Å². The van der Waals surface area contributed by atoms with Crippen molar-refractivity contribution in [2.45, 2.75) is 23.4 Å². The van der Waals surface area contributed by atoms with Crippen LogP contribution in [0, 0.1) is 0 Å². The number of carbonyl (C=O) groups is 2. The monoisotopic (exact) mass is 379 g/mol. The summed E-state index contributed by atoms with van der Waals surface area (Å²) in [7, 11) is 0. The second-order valence-electron chi connectivity index (χ2n) is 6.06. The van der Waals surface area contributed by atoms with E-state index in [4.69, 9.17) is 0 Å². The number of aromatic nitrogens is 3. The normalized spacial score (nSPS) is 15.7. The molecule has 1 aliphatic heterocycles. The minimum Gasteiger partial charge on any atom is -0.324 e. The lowest BCUT2D eigenvalue weighted by Gasteiger charge is -2.22. The van der Waals surface area contributed by atoms with Crippen LogP contribution >= 0.6 is 11.8 Å². The first-order chi connectivity index (χ1) is 13.2. The average molecular weight is 379 g/mol. The second kappa shape index (κ2) is 7.63. The quantitative estimate of drug-likeness (QED) is 0.665. The van der Waals surface area contributed by atoms with E-state index in [1.54, 1.807) is 12.1 Å². The molecule has 0 bridgehead atoms. The molecule has 2 aromatic carbocycles. The van der Waals surface area contributed by atoms with Gasteiger partial charge in [0.25, 0.3) is 0 Å². The fourth-order valence-corrected chi connectivity index (χ4v) is 3.56. The highest BCUT2D eigenvalue weighted by Gasteiger charge is 2.33. The van der Waals surface area contributed by atoms with Gasteiger partial charge < -0.3 is 5.32 Å². The number of benzene rings is 2. The number of thioether (sulfide) groups is 1. The Morgan fingerprint density at radius 2 is 1.85 bits per heavy atom. The van der Waals surface area contributed by atoms with Gasteiger partial charge in [-0.1, -0.05) is 60.3 Å². The fourth-order valence-electron chi connectivity index (χ4n) is 2.78. The Hall–Kier alpha value is -3.13. The van der Waals surface area contributed by atoms with Crippen molar-refractivity contribution >= 4 is 35.2 Å². The van der Waals surface area contributed by atoms with Crippen LogP contribution in [0.2, 0.25) is 0 Å². The van der Waals surface area contributed by atoms with E-state index < -0.39 is 6.04 Å². The molecule has 0 unspecified atom stereocenters. The Morgan fingerprint density at radius 3 is 2.59 bits per heavy atom. The second-order valence-corrected chi connectivity index (χ2v) is 7.00. The molecular formula is C19H17N5O2S. The van der Waals surface area contributed by atoms with Crippen LogP contribution < -0.4 is 10.6 Å². The fraction of sp³-hybridized carbons (Fsp3) is 0.158. The van der Waals surface area contributed by atoms with Crippen LogP contribution in [0.1, 0.15) is 18.0 Å². The molecular weight excluding hydrogens is 362 g/mol. The Bertz CT molecular complexity index is 959. The molecule has 0 saturated carbocycles. The zero-order chi connectivity index (χ0) is 18.6. The Labute approximate surface area is 160 Å². The van der Waals surface area contributed by atoms with Gasteiger partial charge in [0.2, 0.25) is 22.9 Å². The van der Waals surface area contributed by atoms with E-state index in [-0.39, 0.29) is 18.2 Å². The standard InChI is InChI=1S/C19H17N5O2S/c25-16-11-15(17(26)20-14-9-5-2-6-10-14)24-18(21-16)22-19(23-24)27-12-13-7-3-1-4-8-13/h1-10,15H,11-12H2,(H,20,26)(H,21,22,23,25)/t15-/m1/s1. The van der Waals surface area contributed by atoms with Crippen LogP contribution in [0.25, 0.3) is 0 Å². The van der Waals surface area contributed by atoms with Crippen molar-refractivity contribution in [2.24, 2.45) is 0 Å². The molecule has 136 valence electrons. The molecule has 27 heavy (non-hydrogen) atoms. The molecule has 2 amide bonds. The topological polar surface area (TPSA) is 88.9 Å². The van der Waals surface area contributed by atoms with Crippen molar-refractivity contribution in [3.8, 4) is 0 Å². The molecule has 3 aromatic rings. The molecule has 0 fully saturated rings. The highest BCUT2D eigenvalue weighted by molar-refractivity contribution is 7.98. The first-order valence-electron chi connectivity index (χ1n) is 8.48. The molecule has 0 aliphatic carbocycles. The van der Waals surface area contributed by atoms with E-state index in [0.29, 0.717) is 22.5 Å². The maximum absolute atomic E-state index is 12.7. The first kappa shape index (κ1) is 17.3. The summed E-state index contributed by atoms with van der Waals surface area (Å²) in [6.45, 7) is 0. The number of carbonyl (C=O) groups excluding carboxylic acids is 2. The summed E-state index contributed by atoms with van der Waals surface area (Å²) in [5.41, 5.74) is 1.83.